The molecule has 66 valence electrons. The standard InChI is InChI=1S/C10H14O2/c1-7-3-4-9(8(2)11)5-6-10(7)12/h4,7H,3,5-6H2,1-2H3. The number of hydrogen-bond donors (Lipinski definition) is 0. The molecule has 1 aliphatic rings. The Hall–Kier alpha value is -0.920. The van der Waals surface area contributed by atoms with Crippen LogP contribution in [0.25, 0.3) is 0 Å². The molecule has 1 unspecified atom stereocenters. The van der Waals surface area contributed by atoms with Crippen molar-refractivity contribution in [2.75, 3.05) is 0 Å². The van der Waals surface area contributed by atoms with Gasteiger partial charge in [-0.25, -0.2) is 0 Å². The molecular weight excluding hydrogens is 152 g/mol. The van der Waals surface area contributed by atoms with Crippen LogP contribution in [0, 0.1) is 5.92 Å². The van der Waals surface area contributed by atoms with E-state index < -0.39 is 0 Å². The van der Waals surface area contributed by atoms with Crippen LogP contribution < -0.4 is 0 Å². The van der Waals surface area contributed by atoms with E-state index in [4.69, 9.17) is 0 Å². The first-order valence-corrected chi connectivity index (χ1v) is 4.34. The average Bonchev–Trinajstić information content (AvgIpc) is 2.16. The maximum Gasteiger partial charge on any atom is 0.155 e. The molecule has 0 saturated heterocycles. The van der Waals surface area contributed by atoms with Gasteiger partial charge in [0, 0.05) is 12.3 Å². The van der Waals surface area contributed by atoms with Gasteiger partial charge in [0.15, 0.2) is 5.78 Å². The van der Waals surface area contributed by atoms with Crippen LogP contribution in [0.3, 0.4) is 0 Å². The molecule has 2 heteroatoms. The van der Waals surface area contributed by atoms with Crippen molar-refractivity contribution in [1.29, 1.82) is 0 Å². The number of carbonyl (C=O) groups is 2. The first-order valence-electron chi connectivity index (χ1n) is 4.34. The van der Waals surface area contributed by atoms with Crippen molar-refractivity contribution in [3.05, 3.63) is 11.6 Å². The molecule has 0 fully saturated rings. The smallest absolute Gasteiger partial charge is 0.155 e. The van der Waals surface area contributed by atoms with Gasteiger partial charge in [-0.2, -0.15) is 0 Å². The molecule has 0 spiro atoms. The third-order valence-electron chi connectivity index (χ3n) is 2.36. The summed E-state index contributed by atoms with van der Waals surface area (Å²) in [5.41, 5.74) is 0.827. The van der Waals surface area contributed by atoms with Crippen LogP contribution in [0.15, 0.2) is 11.6 Å². The van der Waals surface area contributed by atoms with Gasteiger partial charge in [0.05, 0.1) is 0 Å². The zero-order chi connectivity index (χ0) is 9.14. The van der Waals surface area contributed by atoms with E-state index in [9.17, 15) is 9.59 Å². The van der Waals surface area contributed by atoms with E-state index in [2.05, 4.69) is 0 Å². The summed E-state index contributed by atoms with van der Waals surface area (Å²) < 4.78 is 0. The number of rotatable bonds is 1. The molecule has 1 atom stereocenters. The van der Waals surface area contributed by atoms with Crippen LogP contribution in [0.4, 0.5) is 0 Å². The second-order valence-corrected chi connectivity index (χ2v) is 3.39. The van der Waals surface area contributed by atoms with Crippen LogP contribution in [0.2, 0.25) is 0 Å². The van der Waals surface area contributed by atoms with Gasteiger partial charge in [0.2, 0.25) is 0 Å². The predicted molar refractivity (Wildman–Crippen MR) is 46.8 cm³/mol. The lowest BCUT2D eigenvalue weighted by atomic mass is 10.0. The molecule has 0 amide bonds. The SMILES string of the molecule is CC(=O)C1=CCC(C)C(=O)CC1. The van der Waals surface area contributed by atoms with Crippen molar-refractivity contribution < 1.29 is 9.59 Å². The van der Waals surface area contributed by atoms with E-state index in [0.29, 0.717) is 12.8 Å². The van der Waals surface area contributed by atoms with Gasteiger partial charge in [-0.05, 0) is 25.3 Å². The summed E-state index contributed by atoms with van der Waals surface area (Å²) in [5.74, 6) is 0.487. The lowest BCUT2D eigenvalue weighted by molar-refractivity contribution is -0.122. The molecule has 2 nitrogen and oxygen atoms in total. The molecule has 0 bridgehead atoms. The van der Waals surface area contributed by atoms with Crippen molar-refractivity contribution in [3.8, 4) is 0 Å². The van der Waals surface area contributed by atoms with E-state index in [0.717, 1.165) is 12.0 Å². The van der Waals surface area contributed by atoms with Crippen LogP contribution in [-0.2, 0) is 9.59 Å². The van der Waals surface area contributed by atoms with Gasteiger partial charge in [-0.3, -0.25) is 9.59 Å². The molecule has 0 aliphatic heterocycles. The normalized spacial score (nSPS) is 24.7. The Morgan fingerprint density at radius 2 is 2.17 bits per heavy atom. The Morgan fingerprint density at radius 1 is 1.50 bits per heavy atom. The molecule has 0 aromatic carbocycles. The van der Waals surface area contributed by atoms with Crippen molar-refractivity contribution >= 4 is 11.6 Å². The second kappa shape index (κ2) is 3.65. The van der Waals surface area contributed by atoms with Crippen molar-refractivity contribution in [1.82, 2.24) is 0 Å². The van der Waals surface area contributed by atoms with Gasteiger partial charge in [0.25, 0.3) is 0 Å². The largest absolute Gasteiger partial charge is 0.299 e. The third kappa shape index (κ3) is 2.03. The van der Waals surface area contributed by atoms with Gasteiger partial charge in [0.1, 0.15) is 5.78 Å². The summed E-state index contributed by atoms with van der Waals surface area (Å²) in [4.78, 5) is 22.2. The zero-order valence-corrected chi connectivity index (χ0v) is 7.59. The first kappa shape index (κ1) is 9.17. The van der Waals surface area contributed by atoms with Crippen LogP contribution >= 0.6 is 0 Å². The number of hydrogen-bond acceptors (Lipinski definition) is 2. The molecule has 0 N–H and O–H groups in total. The summed E-state index contributed by atoms with van der Waals surface area (Å²) in [6.07, 6.45) is 3.82. The lowest BCUT2D eigenvalue weighted by Gasteiger charge is -2.01. The fraction of sp³-hybridized carbons (Fsp3) is 0.600. The molecule has 1 rings (SSSR count). The topological polar surface area (TPSA) is 34.1 Å². The molecule has 0 aromatic heterocycles. The molecule has 0 radical (unpaired) electrons. The summed E-state index contributed by atoms with van der Waals surface area (Å²) in [6.45, 7) is 3.48. The number of ketones is 2. The summed E-state index contributed by atoms with van der Waals surface area (Å²) in [7, 11) is 0. The quantitative estimate of drug-likeness (QED) is 0.596. The fourth-order valence-electron chi connectivity index (χ4n) is 1.38. The molecular formula is C10H14O2. The molecule has 0 aromatic rings. The fourth-order valence-corrected chi connectivity index (χ4v) is 1.38. The van der Waals surface area contributed by atoms with Crippen LogP contribution in [-0.4, -0.2) is 11.6 Å². The summed E-state index contributed by atoms with van der Waals surface area (Å²) in [6, 6.07) is 0. The maximum absolute atomic E-state index is 11.2. The Balaban J connectivity index is 2.71. The van der Waals surface area contributed by atoms with Crippen LogP contribution in [0.5, 0.6) is 0 Å². The van der Waals surface area contributed by atoms with E-state index in [1.165, 1.54) is 0 Å². The van der Waals surface area contributed by atoms with Crippen molar-refractivity contribution in [3.63, 3.8) is 0 Å². The van der Waals surface area contributed by atoms with Gasteiger partial charge in [-0.15, -0.1) is 0 Å². The number of Topliss-reactive ketones (excluding diaryl/α,β-unsaturated/α-hetero) is 2. The molecule has 12 heavy (non-hydrogen) atoms. The van der Waals surface area contributed by atoms with Crippen molar-refractivity contribution in [2.24, 2.45) is 5.92 Å². The Bertz CT molecular complexity index is 238. The van der Waals surface area contributed by atoms with E-state index >= 15 is 0 Å². The summed E-state index contributed by atoms with van der Waals surface area (Å²) in [5, 5.41) is 0. The Labute approximate surface area is 72.7 Å². The highest BCUT2D eigenvalue weighted by atomic mass is 16.1. The monoisotopic (exact) mass is 166 g/mol. The van der Waals surface area contributed by atoms with E-state index in [1.54, 1.807) is 6.92 Å². The zero-order valence-electron chi connectivity index (χ0n) is 7.59. The highest BCUT2D eigenvalue weighted by molar-refractivity contribution is 5.94. The summed E-state index contributed by atoms with van der Waals surface area (Å²) >= 11 is 0. The number of carbonyl (C=O) groups excluding carboxylic acids is 2. The Morgan fingerprint density at radius 3 is 2.75 bits per heavy atom. The first-order chi connectivity index (χ1) is 5.61. The van der Waals surface area contributed by atoms with E-state index in [1.807, 2.05) is 13.0 Å². The lowest BCUT2D eigenvalue weighted by Crippen LogP contribution is -2.07. The molecule has 1 aliphatic carbocycles. The predicted octanol–water partition coefficient (Wildman–Crippen LogP) is 1.89. The average molecular weight is 166 g/mol. The minimum Gasteiger partial charge on any atom is -0.299 e. The van der Waals surface area contributed by atoms with E-state index in [-0.39, 0.29) is 17.5 Å². The maximum atomic E-state index is 11.2. The number of allylic oxidation sites excluding steroid dienone is 2. The van der Waals surface area contributed by atoms with Gasteiger partial charge in [-0.1, -0.05) is 13.0 Å². The molecule has 0 heterocycles. The van der Waals surface area contributed by atoms with Gasteiger partial charge < -0.3 is 0 Å². The Kier molecular flexibility index (Phi) is 2.79. The molecule has 0 saturated carbocycles. The van der Waals surface area contributed by atoms with Gasteiger partial charge >= 0.3 is 0 Å². The van der Waals surface area contributed by atoms with Crippen LogP contribution in [0.1, 0.15) is 33.1 Å². The van der Waals surface area contributed by atoms with Crippen molar-refractivity contribution in [2.45, 2.75) is 33.1 Å². The highest BCUT2D eigenvalue weighted by Gasteiger charge is 2.17. The second-order valence-electron chi connectivity index (χ2n) is 3.39. The minimum absolute atomic E-state index is 0.0989. The third-order valence-corrected chi connectivity index (χ3v) is 2.36. The minimum atomic E-state index is 0.0989. The highest BCUT2D eigenvalue weighted by Crippen LogP contribution is 2.19.